The number of ketones is 1. The van der Waals surface area contributed by atoms with Crippen LogP contribution >= 0.6 is 11.8 Å². The van der Waals surface area contributed by atoms with Crippen molar-refractivity contribution in [2.24, 2.45) is 0 Å². The summed E-state index contributed by atoms with van der Waals surface area (Å²) in [6.45, 7) is 9.73. The van der Waals surface area contributed by atoms with Gasteiger partial charge >= 0.3 is 0 Å². The van der Waals surface area contributed by atoms with Gasteiger partial charge in [0.05, 0.1) is 5.75 Å². The molecule has 0 radical (unpaired) electrons. The molecule has 8 heteroatoms. The highest BCUT2D eigenvalue weighted by atomic mass is 32.2. The molecule has 1 heterocycles. The van der Waals surface area contributed by atoms with Crippen molar-refractivity contribution in [1.29, 1.82) is 0 Å². The van der Waals surface area contributed by atoms with Crippen LogP contribution in [0.3, 0.4) is 0 Å². The molecular formula is C24H26N4O3S. The van der Waals surface area contributed by atoms with E-state index >= 15 is 0 Å². The summed E-state index contributed by atoms with van der Waals surface area (Å²) in [5, 5.41) is 12.0. The molecule has 0 fully saturated rings. The third-order valence-electron chi connectivity index (χ3n) is 4.73. The average Bonchev–Trinajstić information content (AvgIpc) is 3.17. The van der Waals surface area contributed by atoms with Crippen LogP contribution in [0.5, 0.6) is 5.75 Å². The Hall–Kier alpha value is -3.39. The third-order valence-corrected chi connectivity index (χ3v) is 5.69. The van der Waals surface area contributed by atoms with Gasteiger partial charge < -0.3 is 10.1 Å². The van der Waals surface area contributed by atoms with Crippen molar-refractivity contribution in [2.75, 3.05) is 11.1 Å². The van der Waals surface area contributed by atoms with E-state index in [4.69, 9.17) is 4.74 Å². The highest BCUT2D eigenvalue weighted by molar-refractivity contribution is 7.99. The lowest BCUT2D eigenvalue weighted by Gasteiger charge is -2.17. The van der Waals surface area contributed by atoms with Gasteiger partial charge in [-0.2, -0.15) is 0 Å². The Morgan fingerprint density at radius 3 is 2.56 bits per heavy atom. The minimum atomic E-state index is -0.327. The van der Waals surface area contributed by atoms with Gasteiger partial charge in [0, 0.05) is 17.8 Å². The second-order valence-corrected chi connectivity index (χ2v) is 8.18. The Kier molecular flexibility index (Phi) is 7.83. The fraction of sp³-hybridized carbons (Fsp3) is 0.250. The van der Waals surface area contributed by atoms with E-state index in [1.54, 1.807) is 30.3 Å². The van der Waals surface area contributed by atoms with Gasteiger partial charge in [-0.15, -0.1) is 16.8 Å². The molecule has 1 atom stereocenters. The van der Waals surface area contributed by atoms with Gasteiger partial charge in [0.25, 0.3) is 0 Å². The first kappa shape index (κ1) is 23.3. The van der Waals surface area contributed by atoms with Crippen molar-refractivity contribution >= 4 is 29.1 Å². The summed E-state index contributed by atoms with van der Waals surface area (Å²) in [5.74, 6) is 1.42. The minimum absolute atomic E-state index is 0.0172. The molecule has 32 heavy (non-hydrogen) atoms. The highest BCUT2D eigenvalue weighted by Gasteiger charge is 2.20. The predicted octanol–water partition coefficient (Wildman–Crippen LogP) is 4.85. The van der Waals surface area contributed by atoms with Gasteiger partial charge in [-0.25, -0.2) is 0 Å². The monoisotopic (exact) mass is 450 g/mol. The molecule has 0 aliphatic heterocycles. The van der Waals surface area contributed by atoms with Gasteiger partial charge in [-0.3, -0.25) is 14.2 Å². The van der Waals surface area contributed by atoms with Crippen molar-refractivity contribution < 1.29 is 14.3 Å². The Morgan fingerprint density at radius 2 is 1.91 bits per heavy atom. The predicted molar refractivity (Wildman–Crippen MR) is 126 cm³/mol. The van der Waals surface area contributed by atoms with Crippen molar-refractivity contribution in [2.45, 2.75) is 38.6 Å². The molecule has 1 aromatic heterocycles. The second kappa shape index (κ2) is 10.8. The van der Waals surface area contributed by atoms with Crippen LogP contribution in [0.25, 0.3) is 0 Å². The Balaban J connectivity index is 1.65. The fourth-order valence-electron chi connectivity index (χ4n) is 3.06. The molecule has 0 saturated carbocycles. The van der Waals surface area contributed by atoms with Crippen molar-refractivity contribution in [3.63, 3.8) is 0 Å². The summed E-state index contributed by atoms with van der Waals surface area (Å²) in [6.07, 6.45) is 1.43. The normalized spacial score (nSPS) is 11.6. The SMILES string of the molecule is C=CCn1c(SCC(=O)Nc2ccc(C(C)=O)cc2)nnc1C(C)Oc1ccccc1C. The third kappa shape index (κ3) is 5.85. The van der Waals surface area contributed by atoms with Crippen LogP contribution in [0, 0.1) is 6.92 Å². The van der Waals surface area contributed by atoms with Crippen LogP contribution in [0.2, 0.25) is 0 Å². The second-order valence-electron chi connectivity index (χ2n) is 7.24. The number of aromatic nitrogens is 3. The number of hydrogen-bond acceptors (Lipinski definition) is 6. The van der Waals surface area contributed by atoms with E-state index in [0.29, 0.717) is 28.8 Å². The standard InChI is InChI=1S/C24H26N4O3S/c1-5-14-28-23(18(4)31-21-9-7-6-8-16(21)2)26-27-24(28)32-15-22(30)25-20-12-10-19(11-13-20)17(3)29/h5-13,18H,1,14-15H2,2-4H3,(H,25,30). The molecule has 7 nitrogen and oxygen atoms in total. The maximum absolute atomic E-state index is 12.4. The van der Waals surface area contributed by atoms with E-state index in [1.807, 2.05) is 42.7 Å². The molecule has 0 spiro atoms. The first-order chi connectivity index (χ1) is 15.4. The summed E-state index contributed by atoms with van der Waals surface area (Å²) in [6, 6.07) is 14.6. The molecular weight excluding hydrogens is 424 g/mol. The van der Waals surface area contributed by atoms with Crippen LogP contribution in [-0.2, 0) is 11.3 Å². The number of anilines is 1. The lowest BCUT2D eigenvalue weighted by Crippen LogP contribution is -2.15. The molecule has 0 aliphatic rings. The minimum Gasteiger partial charge on any atom is -0.482 e. The molecule has 0 aliphatic carbocycles. The summed E-state index contributed by atoms with van der Waals surface area (Å²) in [5.41, 5.74) is 2.27. The average molecular weight is 451 g/mol. The number of thioether (sulfide) groups is 1. The number of carbonyl (C=O) groups is 2. The van der Waals surface area contributed by atoms with E-state index in [0.717, 1.165) is 11.3 Å². The topological polar surface area (TPSA) is 86.1 Å². The van der Waals surface area contributed by atoms with Crippen molar-refractivity contribution in [3.8, 4) is 5.75 Å². The van der Waals surface area contributed by atoms with Crippen LogP contribution in [0.15, 0.2) is 66.3 Å². The molecule has 1 N–H and O–H groups in total. The van der Waals surface area contributed by atoms with Crippen LogP contribution in [-0.4, -0.2) is 32.2 Å². The quantitative estimate of drug-likeness (QED) is 0.270. The highest BCUT2D eigenvalue weighted by Crippen LogP contribution is 2.26. The summed E-state index contributed by atoms with van der Waals surface area (Å²) < 4.78 is 7.99. The molecule has 2 aromatic carbocycles. The van der Waals surface area contributed by atoms with Crippen LogP contribution in [0.1, 0.15) is 41.7 Å². The number of hydrogen-bond donors (Lipinski definition) is 1. The van der Waals surface area contributed by atoms with Gasteiger partial charge in [0.1, 0.15) is 5.75 Å². The number of benzene rings is 2. The zero-order chi connectivity index (χ0) is 23.1. The van der Waals surface area contributed by atoms with E-state index in [2.05, 4.69) is 22.1 Å². The van der Waals surface area contributed by atoms with Gasteiger partial charge in [0.15, 0.2) is 22.9 Å². The Bertz CT molecular complexity index is 1110. The maximum Gasteiger partial charge on any atom is 0.234 e. The van der Waals surface area contributed by atoms with Crippen LogP contribution < -0.4 is 10.1 Å². The lowest BCUT2D eigenvalue weighted by molar-refractivity contribution is -0.113. The number of nitrogens with zero attached hydrogens (tertiary/aromatic N) is 3. The smallest absolute Gasteiger partial charge is 0.234 e. The van der Waals surface area contributed by atoms with E-state index in [1.165, 1.54) is 18.7 Å². The molecule has 1 amide bonds. The summed E-state index contributed by atoms with van der Waals surface area (Å²) >= 11 is 1.29. The Morgan fingerprint density at radius 1 is 1.19 bits per heavy atom. The number of aryl methyl sites for hydroxylation is 1. The number of allylic oxidation sites excluding steroid dienone is 1. The fourth-order valence-corrected chi connectivity index (χ4v) is 3.81. The summed E-state index contributed by atoms with van der Waals surface area (Å²) in [7, 11) is 0. The summed E-state index contributed by atoms with van der Waals surface area (Å²) in [4.78, 5) is 23.8. The number of rotatable bonds is 10. The maximum atomic E-state index is 12.4. The largest absolute Gasteiger partial charge is 0.482 e. The molecule has 0 saturated heterocycles. The van der Waals surface area contributed by atoms with Gasteiger partial charge in [-0.1, -0.05) is 36.0 Å². The lowest BCUT2D eigenvalue weighted by atomic mass is 10.1. The van der Waals surface area contributed by atoms with Crippen molar-refractivity contribution in [1.82, 2.24) is 14.8 Å². The van der Waals surface area contributed by atoms with Gasteiger partial charge in [0.2, 0.25) is 5.91 Å². The van der Waals surface area contributed by atoms with Crippen LogP contribution in [0.4, 0.5) is 5.69 Å². The number of para-hydroxylation sites is 1. The first-order valence-corrected chi connectivity index (χ1v) is 11.2. The van der Waals surface area contributed by atoms with Gasteiger partial charge in [-0.05, 0) is 56.7 Å². The zero-order valence-electron chi connectivity index (χ0n) is 18.4. The van der Waals surface area contributed by atoms with E-state index < -0.39 is 0 Å². The van der Waals surface area contributed by atoms with E-state index in [-0.39, 0.29) is 23.5 Å². The number of amides is 1. The molecule has 0 bridgehead atoms. The molecule has 3 rings (SSSR count). The number of ether oxygens (including phenoxy) is 1. The molecule has 166 valence electrons. The number of nitrogens with one attached hydrogen (secondary N) is 1. The number of Topliss-reactive ketones (excluding diaryl/α,β-unsaturated/α-hetero) is 1. The van der Waals surface area contributed by atoms with E-state index in [9.17, 15) is 9.59 Å². The molecule has 3 aromatic rings. The Labute approximate surface area is 191 Å². The first-order valence-electron chi connectivity index (χ1n) is 10.2. The van der Waals surface area contributed by atoms with Crippen molar-refractivity contribution in [3.05, 3.63) is 78.1 Å². The number of carbonyl (C=O) groups excluding carboxylic acids is 2. The zero-order valence-corrected chi connectivity index (χ0v) is 19.2. The molecule has 1 unspecified atom stereocenters.